The molecule has 5 nitrogen and oxygen atoms in total. The van der Waals surface area contributed by atoms with Crippen LogP contribution in [-0.2, 0) is 6.54 Å². The van der Waals surface area contributed by atoms with E-state index in [2.05, 4.69) is 24.7 Å². The lowest BCUT2D eigenvalue weighted by molar-refractivity contribution is -0.390. The largest absolute Gasteiger partial charge is 0.392 e. The first-order chi connectivity index (χ1) is 7.08. The Labute approximate surface area is 94.0 Å². The van der Waals surface area contributed by atoms with E-state index in [1.807, 2.05) is 0 Å². The van der Waals surface area contributed by atoms with Crippen molar-refractivity contribution < 1.29 is 4.92 Å². The first kappa shape index (κ1) is 12.0. The van der Waals surface area contributed by atoms with E-state index in [0.717, 1.165) is 12.2 Å². The Morgan fingerprint density at radius 3 is 2.80 bits per heavy atom. The van der Waals surface area contributed by atoms with Crippen molar-refractivity contribution in [3.63, 3.8) is 0 Å². The summed E-state index contributed by atoms with van der Waals surface area (Å²) in [5.41, 5.74) is 0.606. The molecule has 6 heteroatoms. The smallest absolute Gasteiger partial charge is 0.358 e. The minimum absolute atomic E-state index is 0.0518. The molecule has 1 aromatic heterocycles. The van der Waals surface area contributed by atoms with E-state index in [0.29, 0.717) is 18.0 Å². The highest BCUT2D eigenvalue weighted by molar-refractivity contribution is 7.80. The number of hydrogen-bond acceptors (Lipinski definition) is 4. The second kappa shape index (κ2) is 5.16. The van der Waals surface area contributed by atoms with E-state index >= 15 is 0 Å². The fourth-order valence-electron chi connectivity index (χ4n) is 1.37. The van der Waals surface area contributed by atoms with Crippen LogP contribution >= 0.6 is 12.6 Å². The van der Waals surface area contributed by atoms with E-state index < -0.39 is 4.92 Å². The van der Waals surface area contributed by atoms with Crippen molar-refractivity contribution in [1.82, 2.24) is 9.78 Å². The number of thiol groups is 1. The Kier molecular flexibility index (Phi) is 4.14. The zero-order valence-electron chi connectivity index (χ0n) is 8.88. The summed E-state index contributed by atoms with van der Waals surface area (Å²) in [5, 5.41) is 14.5. The van der Waals surface area contributed by atoms with Crippen molar-refractivity contribution in [3.05, 3.63) is 21.9 Å². The molecule has 0 spiro atoms. The molecule has 1 atom stereocenters. The molecule has 0 N–H and O–H groups in total. The minimum Gasteiger partial charge on any atom is -0.358 e. The fraction of sp³-hybridized carbons (Fsp3) is 0.667. The van der Waals surface area contributed by atoms with Gasteiger partial charge in [0.05, 0.1) is 23.4 Å². The Bertz CT molecular complexity index is 347. The molecule has 0 bridgehead atoms. The molecule has 1 aromatic rings. The van der Waals surface area contributed by atoms with Crippen molar-refractivity contribution in [1.29, 1.82) is 0 Å². The Morgan fingerprint density at radius 2 is 2.40 bits per heavy atom. The molecule has 1 unspecified atom stereocenters. The molecule has 0 amide bonds. The molecule has 0 fully saturated rings. The summed E-state index contributed by atoms with van der Waals surface area (Å²) in [5.74, 6) is 1.12. The molecule has 0 aliphatic carbocycles. The van der Waals surface area contributed by atoms with E-state index in [9.17, 15) is 10.1 Å². The van der Waals surface area contributed by atoms with Crippen molar-refractivity contribution in [2.45, 2.75) is 26.8 Å². The van der Waals surface area contributed by atoms with Crippen molar-refractivity contribution >= 4 is 18.4 Å². The molecule has 0 aliphatic heterocycles. The van der Waals surface area contributed by atoms with Gasteiger partial charge in [-0.25, -0.2) is 0 Å². The summed E-state index contributed by atoms with van der Waals surface area (Å²) >= 11 is 4.22. The quantitative estimate of drug-likeness (QED) is 0.477. The molecule has 0 aliphatic rings. The van der Waals surface area contributed by atoms with Gasteiger partial charge in [-0.15, -0.1) is 0 Å². The van der Waals surface area contributed by atoms with Gasteiger partial charge in [0.25, 0.3) is 0 Å². The van der Waals surface area contributed by atoms with Gasteiger partial charge in [0, 0.05) is 0 Å². The number of nitro groups is 1. The van der Waals surface area contributed by atoms with E-state index in [-0.39, 0.29) is 5.82 Å². The molecule has 1 heterocycles. The number of aryl methyl sites for hydroxylation is 1. The predicted molar refractivity (Wildman–Crippen MR) is 61.3 cm³/mol. The third-order valence-electron chi connectivity index (χ3n) is 2.37. The van der Waals surface area contributed by atoms with E-state index in [1.54, 1.807) is 17.8 Å². The zero-order valence-corrected chi connectivity index (χ0v) is 9.78. The average molecular weight is 229 g/mol. The zero-order chi connectivity index (χ0) is 11.4. The number of hydrogen-bond donors (Lipinski definition) is 1. The Balaban J connectivity index is 2.79. The summed E-state index contributed by atoms with van der Waals surface area (Å²) < 4.78 is 1.64. The maximum atomic E-state index is 10.6. The molecule has 1 rings (SSSR count). The van der Waals surface area contributed by atoms with Crippen LogP contribution in [0.2, 0.25) is 0 Å². The Hall–Kier alpha value is -1.04. The summed E-state index contributed by atoms with van der Waals surface area (Å²) in [6, 6.07) is 0. The summed E-state index contributed by atoms with van der Waals surface area (Å²) in [6.07, 6.45) is 2.71. The van der Waals surface area contributed by atoms with Crippen LogP contribution in [0.3, 0.4) is 0 Å². The molecule has 0 saturated heterocycles. The molecular weight excluding hydrogens is 214 g/mol. The highest BCUT2D eigenvalue weighted by Gasteiger charge is 2.18. The van der Waals surface area contributed by atoms with Gasteiger partial charge in [0.15, 0.2) is 0 Å². The van der Waals surface area contributed by atoms with Gasteiger partial charge in [-0.2, -0.15) is 17.3 Å². The lowest BCUT2D eigenvalue weighted by Gasteiger charge is -2.08. The molecular formula is C9H15N3O2S. The fourth-order valence-corrected chi connectivity index (χ4v) is 1.74. The van der Waals surface area contributed by atoms with Gasteiger partial charge in [0.2, 0.25) is 0 Å². The van der Waals surface area contributed by atoms with Crippen LogP contribution in [0.1, 0.15) is 18.9 Å². The van der Waals surface area contributed by atoms with Crippen molar-refractivity contribution in [3.8, 4) is 0 Å². The summed E-state index contributed by atoms with van der Waals surface area (Å²) in [6.45, 7) is 4.46. The highest BCUT2D eigenvalue weighted by atomic mass is 32.1. The van der Waals surface area contributed by atoms with Crippen molar-refractivity contribution in [2.24, 2.45) is 5.92 Å². The van der Waals surface area contributed by atoms with Crippen LogP contribution in [0.5, 0.6) is 0 Å². The molecule has 0 saturated carbocycles. The first-order valence-electron chi connectivity index (χ1n) is 4.87. The summed E-state index contributed by atoms with van der Waals surface area (Å²) in [4.78, 5) is 10.1. The van der Waals surface area contributed by atoms with Gasteiger partial charge in [-0.3, -0.25) is 0 Å². The van der Waals surface area contributed by atoms with E-state index in [1.165, 1.54) is 0 Å². The topological polar surface area (TPSA) is 61.0 Å². The van der Waals surface area contributed by atoms with Crippen LogP contribution in [0.4, 0.5) is 5.82 Å². The maximum Gasteiger partial charge on any atom is 0.392 e. The van der Waals surface area contributed by atoms with Crippen LogP contribution in [0.25, 0.3) is 0 Å². The normalized spacial score (nSPS) is 12.7. The Morgan fingerprint density at radius 1 is 1.73 bits per heavy atom. The third-order valence-corrected chi connectivity index (χ3v) is 2.89. The maximum absolute atomic E-state index is 10.6. The van der Waals surface area contributed by atoms with Gasteiger partial charge in [-0.1, -0.05) is 13.3 Å². The monoisotopic (exact) mass is 229 g/mol. The van der Waals surface area contributed by atoms with Gasteiger partial charge in [0.1, 0.15) is 0 Å². The van der Waals surface area contributed by atoms with Crippen LogP contribution in [0.15, 0.2) is 6.20 Å². The number of rotatable bonds is 5. The molecule has 0 radical (unpaired) electrons. The minimum atomic E-state index is -0.451. The standard InChI is InChI=1S/C9H15N3O2S/c1-3-8(6-15)5-11-4-7(2)9(10-11)12(13)14/h4,8,15H,3,5-6H2,1-2H3. The third kappa shape index (κ3) is 2.95. The predicted octanol–water partition coefficient (Wildman–Crippen LogP) is 2.06. The second-order valence-electron chi connectivity index (χ2n) is 3.57. The van der Waals surface area contributed by atoms with Gasteiger partial charge < -0.3 is 10.1 Å². The van der Waals surface area contributed by atoms with Gasteiger partial charge in [-0.05, 0) is 23.5 Å². The molecule has 0 aromatic carbocycles. The second-order valence-corrected chi connectivity index (χ2v) is 3.94. The lowest BCUT2D eigenvalue weighted by Crippen LogP contribution is -2.12. The number of nitrogens with zero attached hydrogens (tertiary/aromatic N) is 3. The van der Waals surface area contributed by atoms with Crippen LogP contribution in [-0.4, -0.2) is 20.5 Å². The average Bonchev–Trinajstić information content (AvgIpc) is 2.56. The summed E-state index contributed by atoms with van der Waals surface area (Å²) in [7, 11) is 0. The van der Waals surface area contributed by atoms with Crippen LogP contribution < -0.4 is 0 Å². The van der Waals surface area contributed by atoms with Gasteiger partial charge >= 0.3 is 5.82 Å². The van der Waals surface area contributed by atoms with Crippen LogP contribution in [0, 0.1) is 23.0 Å². The molecule has 15 heavy (non-hydrogen) atoms. The number of aromatic nitrogens is 2. The SMILES string of the molecule is CCC(CS)Cn1cc(C)c([N+](=O)[O-])n1. The lowest BCUT2D eigenvalue weighted by atomic mass is 10.1. The first-order valence-corrected chi connectivity index (χ1v) is 5.51. The van der Waals surface area contributed by atoms with Crippen molar-refractivity contribution in [2.75, 3.05) is 5.75 Å². The highest BCUT2D eigenvalue weighted by Crippen LogP contribution is 2.16. The molecule has 84 valence electrons. The van der Waals surface area contributed by atoms with E-state index in [4.69, 9.17) is 0 Å².